The Labute approximate surface area is 96.8 Å². The SMILES string of the molecule is CCC1CCCC(C)C(C)C(CC)CC1. The van der Waals surface area contributed by atoms with E-state index in [-0.39, 0.29) is 0 Å². The van der Waals surface area contributed by atoms with Crippen LogP contribution in [0.4, 0.5) is 0 Å². The highest BCUT2D eigenvalue weighted by Gasteiger charge is 2.24. The summed E-state index contributed by atoms with van der Waals surface area (Å²) in [6, 6.07) is 0. The van der Waals surface area contributed by atoms with Gasteiger partial charge in [-0.25, -0.2) is 0 Å². The Morgan fingerprint density at radius 1 is 0.867 bits per heavy atom. The Morgan fingerprint density at radius 2 is 1.60 bits per heavy atom. The smallest absolute Gasteiger partial charge is 0.0388 e. The van der Waals surface area contributed by atoms with Crippen molar-refractivity contribution in [1.82, 2.24) is 0 Å². The maximum Gasteiger partial charge on any atom is -0.0388 e. The van der Waals surface area contributed by atoms with Crippen LogP contribution in [-0.4, -0.2) is 0 Å². The molecule has 0 amide bonds. The third-order valence-corrected chi connectivity index (χ3v) is 4.96. The molecule has 1 rings (SSSR count). The Hall–Kier alpha value is 0. The van der Waals surface area contributed by atoms with Gasteiger partial charge >= 0.3 is 0 Å². The van der Waals surface area contributed by atoms with E-state index in [2.05, 4.69) is 27.7 Å². The van der Waals surface area contributed by atoms with Crippen molar-refractivity contribution in [2.45, 2.75) is 72.6 Å². The lowest BCUT2D eigenvalue weighted by Crippen LogP contribution is -2.18. The Kier molecular flexibility index (Phi) is 5.71. The van der Waals surface area contributed by atoms with Crippen LogP contribution in [0.5, 0.6) is 0 Å². The van der Waals surface area contributed by atoms with Gasteiger partial charge in [0.1, 0.15) is 0 Å². The minimum atomic E-state index is 0.950. The summed E-state index contributed by atoms with van der Waals surface area (Å²) in [7, 11) is 0. The van der Waals surface area contributed by atoms with Gasteiger partial charge in [-0.15, -0.1) is 0 Å². The van der Waals surface area contributed by atoms with Gasteiger partial charge in [-0.2, -0.15) is 0 Å². The first-order chi connectivity index (χ1) is 7.19. The van der Waals surface area contributed by atoms with Crippen molar-refractivity contribution in [3.05, 3.63) is 0 Å². The molecule has 15 heavy (non-hydrogen) atoms. The monoisotopic (exact) mass is 210 g/mol. The van der Waals surface area contributed by atoms with Crippen LogP contribution in [0.25, 0.3) is 0 Å². The summed E-state index contributed by atoms with van der Waals surface area (Å²) in [4.78, 5) is 0. The van der Waals surface area contributed by atoms with Crippen LogP contribution < -0.4 is 0 Å². The number of hydrogen-bond donors (Lipinski definition) is 0. The fraction of sp³-hybridized carbons (Fsp3) is 1.00. The fourth-order valence-corrected chi connectivity index (χ4v) is 3.30. The zero-order chi connectivity index (χ0) is 11.3. The van der Waals surface area contributed by atoms with Crippen molar-refractivity contribution < 1.29 is 0 Å². The molecule has 0 N–H and O–H groups in total. The molecule has 1 aliphatic carbocycles. The molecule has 0 aromatic carbocycles. The molecule has 0 spiro atoms. The molecule has 0 heteroatoms. The predicted octanol–water partition coefficient (Wildman–Crippen LogP) is 5.28. The van der Waals surface area contributed by atoms with Crippen molar-refractivity contribution in [3.8, 4) is 0 Å². The molecular formula is C15H30. The van der Waals surface area contributed by atoms with E-state index < -0.39 is 0 Å². The van der Waals surface area contributed by atoms with E-state index in [1.807, 2.05) is 0 Å². The Balaban J connectivity index is 2.57. The first-order valence-electron chi connectivity index (χ1n) is 7.19. The molecule has 90 valence electrons. The normalized spacial score (nSPS) is 39.2. The third-order valence-electron chi connectivity index (χ3n) is 4.96. The fourth-order valence-electron chi connectivity index (χ4n) is 3.30. The van der Waals surface area contributed by atoms with Crippen molar-refractivity contribution in [3.63, 3.8) is 0 Å². The second kappa shape index (κ2) is 6.55. The van der Waals surface area contributed by atoms with Crippen LogP contribution in [0.15, 0.2) is 0 Å². The van der Waals surface area contributed by atoms with Gasteiger partial charge in [0.2, 0.25) is 0 Å². The summed E-state index contributed by atoms with van der Waals surface area (Å²) in [5.41, 5.74) is 0. The van der Waals surface area contributed by atoms with Crippen molar-refractivity contribution >= 4 is 0 Å². The second-order valence-electron chi connectivity index (χ2n) is 5.79. The van der Waals surface area contributed by atoms with Gasteiger partial charge in [0.15, 0.2) is 0 Å². The lowest BCUT2D eigenvalue weighted by molar-refractivity contribution is 0.231. The molecule has 0 bridgehead atoms. The second-order valence-corrected chi connectivity index (χ2v) is 5.79. The minimum absolute atomic E-state index is 0.950. The van der Waals surface area contributed by atoms with Crippen LogP contribution >= 0.6 is 0 Å². The summed E-state index contributed by atoms with van der Waals surface area (Å²) in [5, 5.41) is 0. The lowest BCUT2D eigenvalue weighted by Gasteiger charge is -2.27. The van der Waals surface area contributed by atoms with Crippen LogP contribution in [0.1, 0.15) is 72.6 Å². The van der Waals surface area contributed by atoms with Gasteiger partial charge < -0.3 is 0 Å². The van der Waals surface area contributed by atoms with Gasteiger partial charge in [-0.1, -0.05) is 66.2 Å². The molecular weight excluding hydrogens is 180 g/mol. The lowest BCUT2D eigenvalue weighted by atomic mass is 9.78. The molecule has 0 radical (unpaired) electrons. The van der Waals surface area contributed by atoms with E-state index in [1.54, 1.807) is 0 Å². The number of rotatable bonds is 2. The average molecular weight is 210 g/mol. The van der Waals surface area contributed by atoms with Crippen LogP contribution in [0.3, 0.4) is 0 Å². The highest BCUT2D eigenvalue weighted by atomic mass is 14.3. The van der Waals surface area contributed by atoms with Crippen LogP contribution in [-0.2, 0) is 0 Å². The van der Waals surface area contributed by atoms with E-state index in [1.165, 1.54) is 44.9 Å². The molecule has 1 saturated carbocycles. The molecule has 0 aromatic rings. The topological polar surface area (TPSA) is 0 Å². The molecule has 1 aliphatic rings. The van der Waals surface area contributed by atoms with Crippen LogP contribution in [0.2, 0.25) is 0 Å². The van der Waals surface area contributed by atoms with E-state index in [9.17, 15) is 0 Å². The maximum absolute atomic E-state index is 2.49. The van der Waals surface area contributed by atoms with Crippen molar-refractivity contribution in [2.75, 3.05) is 0 Å². The van der Waals surface area contributed by atoms with Crippen molar-refractivity contribution in [2.24, 2.45) is 23.7 Å². The van der Waals surface area contributed by atoms with E-state index >= 15 is 0 Å². The third kappa shape index (κ3) is 3.81. The molecule has 4 atom stereocenters. The van der Waals surface area contributed by atoms with E-state index in [0.717, 1.165) is 23.7 Å². The highest BCUT2D eigenvalue weighted by molar-refractivity contribution is 4.75. The molecule has 0 saturated heterocycles. The van der Waals surface area contributed by atoms with Gasteiger partial charge in [0.05, 0.1) is 0 Å². The summed E-state index contributed by atoms with van der Waals surface area (Å²) in [6.07, 6.45) is 10.2. The summed E-state index contributed by atoms with van der Waals surface area (Å²) >= 11 is 0. The molecule has 0 aromatic heterocycles. The quantitative estimate of drug-likeness (QED) is 0.582. The summed E-state index contributed by atoms with van der Waals surface area (Å²) in [5.74, 6) is 3.92. The Bertz CT molecular complexity index is 161. The standard InChI is InChI=1S/C15H30/c1-5-14-9-7-8-12(3)13(4)15(6-2)11-10-14/h12-15H,5-11H2,1-4H3. The molecule has 0 nitrogen and oxygen atoms in total. The highest BCUT2D eigenvalue weighted by Crippen LogP contribution is 2.35. The van der Waals surface area contributed by atoms with Gasteiger partial charge in [-0.3, -0.25) is 0 Å². The molecule has 4 unspecified atom stereocenters. The van der Waals surface area contributed by atoms with Gasteiger partial charge in [0, 0.05) is 0 Å². The largest absolute Gasteiger partial charge is 0.0651 e. The average Bonchev–Trinajstić information content (AvgIpc) is 2.31. The summed E-state index contributed by atoms with van der Waals surface area (Å²) < 4.78 is 0. The van der Waals surface area contributed by atoms with E-state index in [4.69, 9.17) is 0 Å². The first-order valence-corrected chi connectivity index (χ1v) is 7.19. The molecule has 0 aliphatic heterocycles. The molecule has 1 fully saturated rings. The summed E-state index contributed by atoms with van der Waals surface area (Å²) in [6.45, 7) is 9.72. The number of hydrogen-bond acceptors (Lipinski definition) is 0. The Morgan fingerprint density at radius 3 is 2.20 bits per heavy atom. The van der Waals surface area contributed by atoms with Gasteiger partial charge in [-0.05, 0) is 30.1 Å². The van der Waals surface area contributed by atoms with E-state index in [0.29, 0.717) is 0 Å². The van der Waals surface area contributed by atoms with Crippen LogP contribution in [0, 0.1) is 23.7 Å². The predicted molar refractivity (Wildman–Crippen MR) is 69.0 cm³/mol. The van der Waals surface area contributed by atoms with Gasteiger partial charge in [0.25, 0.3) is 0 Å². The van der Waals surface area contributed by atoms with Crippen molar-refractivity contribution in [1.29, 1.82) is 0 Å². The minimum Gasteiger partial charge on any atom is -0.0651 e. The molecule has 0 heterocycles. The zero-order valence-corrected chi connectivity index (χ0v) is 11.3. The zero-order valence-electron chi connectivity index (χ0n) is 11.3. The first kappa shape index (κ1) is 13.1. The maximum atomic E-state index is 2.49.